The number of halogens is 1. The maximum Gasteiger partial charge on any atom is 0.0834 e. The van der Waals surface area contributed by atoms with Gasteiger partial charge in [-0.1, -0.05) is 48.5 Å². The Labute approximate surface area is 141 Å². The first-order valence-electron chi connectivity index (χ1n) is 7.35. The van der Waals surface area contributed by atoms with Crippen LogP contribution in [0.3, 0.4) is 0 Å². The van der Waals surface area contributed by atoms with Crippen LogP contribution >= 0.6 is 12.4 Å². The van der Waals surface area contributed by atoms with Crippen LogP contribution in [0, 0.1) is 0 Å². The van der Waals surface area contributed by atoms with Crippen molar-refractivity contribution in [2.75, 3.05) is 18.4 Å². The molecule has 0 radical (unpaired) electrons. The maximum absolute atomic E-state index is 9.67. The highest BCUT2D eigenvalue weighted by Crippen LogP contribution is 2.28. The number of para-hydroxylation sites is 1. The van der Waals surface area contributed by atoms with Crippen LogP contribution in [-0.2, 0) is 0 Å². The van der Waals surface area contributed by atoms with E-state index in [4.69, 9.17) is 10.7 Å². The molecule has 1 aromatic heterocycles. The van der Waals surface area contributed by atoms with E-state index in [1.807, 2.05) is 60.7 Å². The topological polar surface area (TPSA) is 71.2 Å². The van der Waals surface area contributed by atoms with Gasteiger partial charge in [0.05, 0.1) is 17.3 Å². The third-order valence-electron chi connectivity index (χ3n) is 3.59. The van der Waals surface area contributed by atoms with Gasteiger partial charge in [0, 0.05) is 29.7 Å². The molecule has 1 atom stereocenters. The second-order valence-electron chi connectivity index (χ2n) is 5.21. The van der Waals surface area contributed by atoms with Crippen molar-refractivity contribution in [2.24, 2.45) is 5.73 Å². The normalized spacial score (nSPS) is 11.7. The number of nitrogens with zero attached hydrogens (tertiary/aromatic N) is 1. The van der Waals surface area contributed by atoms with Crippen LogP contribution in [0.15, 0.2) is 60.7 Å². The predicted molar refractivity (Wildman–Crippen MR) is 98.0 cm³/mol. The summed E-state index contributed by atoms with van der Waals surface area (Å²) in [5.74, 6) is 0. The molecule has 0 aliphatic rings. The Kier molecular flexibility index (Phi) is 5.93. The summed E-state index contributed by atoms with van der Waals surface area (Å²) in [7, 11) is 0. The van der Waals surface area contributed by atoms with E-state index < -0.39 is 6.10 Å². The third kappa shape index (κ3) is 3.99. The van der Waals surface area contributed by atoms with Crippen molar-refractivity contribution < 1.29 is 5.11 Å². The van der Waals surface area contributed by atoms with E-state index >= 15 is 0 Å². The number of aliphatic hydroxyl groups is 1. The molecule has 0 spiro atoms. The van der Waals surface area contributed by atoms with Crippen LogP contribution in [0.25, 0.3) is 22.2 Å². The van der Waals surface area contributed by atoms with Crippen LogP contribution in [0.1, 0.15) is 0 Å². The Hall–Kier alpha value is -2.14. The van der Waals surface area contributed by atoms with Gasteiger partial charge in [0.15, 0.2) is 0 Å². The molecule has 5 heteroatoms. The second kappa shape index (κ2) is 7.92. The van der Waals surface area contributed by atoms with E-state index in [2.05, 4.69) is 5.32 Å². The summed E-state index contributed by atoms with van der Waals surface area (Å²) in [5, 5.41) is 14.0. The Morgan fingerprint density at radius 3 is 2.48 bits per heavy atom. The Morgan fingerprint density at radius 2 is 1.74 bits per heavy atom. The molecule has 3 aromatic rings. The van der Waals surface area contributed by atoms with Gasteiger partial charge >= 0.3 is 0 Å². The number of pyridine rings is 1. The van der Waals surface area contributed by atoms with Gasteiger partial charge in [-0.05, 0) is 12.1 Å². The van der Waals surface area contributed by atoms with E-state index in [1.54, 1.807) is 0 Å². The summed E-state index contributed by atoms with van der Waals surface area (Å²) in [6, 6.07) is 20.0. The van der Waals surface area contributed by atoms with E-state index in [9.17, 15) is 5.11 Å². The first-order chi connectivity index (χ1) is 10.8. The van der Waals surface area contributed by atoms with Crippen LogP contribution in [-0.4, -0.2) is 29.3 Å². The minimum absolute atomic E-state index is 0. The number of anilines is 1. The van der Waals surface area contributed by atoms with Crippen molar-refractivity contribution in [1.29, 1.82) is 0 Å². The van der Waals surface area contributed by atoms with E-state index in [0.717, 1.165) is 27.8 Å². The van der Waals surface area contributed by atoms with Gasteiger partial charge in [-0.3, -0.25) is 0 Å². The Balaban J connectivity index is 0.00000192. The minimum atomic E-state index is -0.563. The van der Waals surface area contributed by atoms with Crippen molar-refractivity contribution in [3.8, 4) is 11.3 Å². The van der Waals surface area contributed by atoms with Gasteiger partial charge in [0.2, 0.25) is 0 Å². The highest BCUT2D eigenvalue weighted by molar-refractivity contribution is 5.93. The molecule has 0 aliphatic carbocycles. The molecule has 0 bridgehead atoms. The number of benzene rings is 2. The van der Waals surface area contributed by atoms with Crippen molar-refractivity contribution in [1.82, 2.24) is 4.98 Å². The number of aliphatic hydroxyl groups excluding tert-OH is 1. The fourth-order valence-electron chi connectivity index (χ4n) is 2.39. The molecule has 0 fully saturated rings. The largest absolute Gasteiger partial charge is 0.390 e. The maximum atomic E-state index is 9.67. The molecule has 0 saturated carbocycles. The summed E-state index contributed by atoms with van der Waals surface area (Å²) < 4.78 is 0. The number of nitrogens with one attached hydrogen (secondary N) is 1. The van der Waals surface area contributed by atoms with Gasteiger partial charge in [-0.2, -0.15) is 0 Å². The predicted octanol–water partition coefficient (Wildman–Crippen LogP) is 3.06. The molecule has 2 aromatic carbocycles. The molecule has 4 N–H and O–H groups in total. The molecular weight excluding hydrogens is 310 g/mol. The number of aromatic nitrogens is 1. The molecule has 3 rings (SSSR count). The summed E-state index contributed by atoms with van der Waals surface area (Å²) in [6.07, 6.45) is -0.563. The summed E-state index contributed by atoms with van der Waals surface area (Å²) >= 11 is 0. The smallest absolute Gasteiger partial charge is 0.0834 e. The molecule has 120 valence electrons. The summed E-state index contributed by atoms with van der Waals surface area (Å²) in [4.78, 5) is 4.73. The van der Waals surface area contributed by atoms with Crippen molar-refractivity contribution in [2.45, 2.75) is 6.10 Å². The molecule has 23 heavy (non-hydrogen) atoms. The van der Waals surface area contributed by atoms with Crippen molar-refractivity contribution in [3.05, 3.63) is 60.7 Å². The van der Waals surface area contributed by atoms with Gasteiger partial charge in [0.25, 0.3) is 0 Å². The average molecular weight is 330 g/mol. The fraction of sp³-hybridized carbons (Fsp3) is 0.167. The summed E-state index contributed by atoms with van der Waals surface area (Å²) in [6.45, 7) is 0.653. The standard InChI is InChI=1S/C18H19N3O.ClH/c19-11-14(22)12-20-18-10-17(13-6-2-1-3-7-13)21-16-9-5-4-8-15(16)18;/h1-10,14,22H,11-12,19H2,(H,20,21);1H/t14-;/m0./s1. The van der Waals surface area contributed by atoms with Gasteiger partial charge in [-0.15, -0.1) is 12.4 Å². The molecule has 0 amide bonds. The lowest BCUT2D eigenvalue weighted by molar-refractivity contribution is 0.196. The highest BCUT2D eigenvalue weighted by Gasteiger charge is 2.08. The van der Waals surface area contributed by atoms with Crippen molar-refractivity contribution in [3.63, 3.8) is 0 Å². The van der Waals surface area contributed by atoms with E-state index in [0.29, 0.717) is 6.54 Å². The zero-order chi connectivity index (χ0) is 15.4. The minimum Gasteiger partial charge on any atom is -0.390 e. The van der Waals surface area contributed by atoms with Gasteiger partial charge in [0.1, 0.15) is 0 Å². The number of hydrogen-bond acceptors (Lipinski definition) is 4. The van der Waals surface area contributed by atoms with E-state index in [-0.39, 0.29) is 19.0 Å². The molecule has 0 unspecified atom stereocenters. The average Bonchev–Trinajstić information content (AvgIpc) is 2.59. The molecule has 0 aliphatic heterocycles. The quantitative estimate of drug-likeness (QED) is 0.673. The molecule has 1 heterocycles. The first kappa shape index (κ1) is 17.2. The van der Waals surface area contributed by atoms with Gasteiger partial charge < -0.3 is 16.2 Å². The van der Waals surface area contributed by atoms with Crippen LogP contribution in [0.5, 0.6) is 0 Å². The number of nitrogens with two attached hydrogens (primary N) is 1. The fourth-order valence-corrected chi connectivity index (χ4v) is 2.39. The zero-order valence-corrected chi connectivity index (χ0v) is 13.5. The number of hydrogen-bond donors (Lipinski definition) is 3. The molecule has 0 saturated heterocycles. The Morgan fingerprint density at radius 1 is 1.04 bits per heavy atom. The van der Waals surface area contributed by atoms with Crippen LogP contribution in [0.4, 0.5) is 5.69 Å². The Bertz CT molecular complexity index is 765. The second-order valence-corrected chi connectivity index (χ2v) is 5.21. The number of rotatable bonds is 5. The third-order valence-corrected chi connectivity index (χ3v) is 3.59. The lowest BCUT2D eigenvalue weighted by Crippen LogP contribution is -2.27. The van der Waals surface area contributed by atoms with Gasteiger partial charge in [-0.25, -0.2) is 4.98 Å². The summed E-state index contributed by atoms with van der Waals surface area (Å²) in [5.41, 5.74) is 9.32. The lowest BCUT2D eigenvalue weighted by Gasteiger charge is -2.14. The monoisotopic (exact) mass is 329 g/mol. The molecular formula is C18H20ClN3O. The SMILES string of the molecule is Cl.NC[C@H](O)CNc1cc(-c2ccccc2)nc2ccccc12. The lowest BCUT2D eigenvalue weighted by atomic mass is 10.1. The van der Waals surface area contributed by atoms with Crippen LogP contribution in [0.2, 0.25) is 0 Å². The molecule has 4 nitrogen and oxygen atoms in total. The van der Waals surface area contributed by atoms with E-state index in [1.165, 1.54) is 0 Å². The number of fused-ring (bicyclic) bond motifs is 1. The van der Waals surface area contributed by atoms with Crippen LogP contribution < -0.4 is 11.1 Å². The van der Waals surface area contributed by atoms with Crippen molar-refractivity contribution >= 4 is 29.0 Å². The first-order valence-corrected chi connectivity index (χ1v) is 7.35. The highest BCUT2D eigenvalue weighted by atomic mass is 35.5. The zero-order valence-electron chi connectivity index (χ0n) is 12.6.